The van der Waals surface area contributed by atoms with Gasteiger partial charge in [0.05, 0.1) is 32.0 Å². The van der Waals surface area contributed by atoms with Crippen LogP contribution < -0.4 is 0 Å². The van der Waals surface area contributed by atoms with E-state index in [2.05, 4.69) is 4.90 Å². The van der Waals surface area contributed by atoms with Gasteiger partial charge >= 0.3 is 0 Å². The van der Waals surface area contributed by atoms with Crippen molar-refractivity contribution in [1.82, 2.24) is 4.90 Å². The monoisotopic (exact) mass is 315 g/mol. The van der Waals surface area contributed by atoms with E-state index in [0.29, 0.717) is 26.4 Å². The van der Waals surface area contributed by atoms with Gasteiger partial charge in [-0.25, -0.2) is 0 Å². The van der Waals surface area contributed by atoms with Crippen LogP contribution in [0.3, 0.4) is 0 Å². The van der Waals surface area contributed by atoms with Gasteiger partial charge in [0.25, 0.3) is 0 Å². The molecule has 0 spiro atoms. The molecule has 0 heterocycles. The SMILES string of the molecule is CC(C)OCCOCC(O)CN(C)Cc1ccc(Cl)cc1. The number of benzene rings is 1. The molecule has 0 saturated heterocycles. The molecule has 4 nitrogen and oxygen atoms in total. The second kappa shape index (κ2) is 10.1. The second-order valence-electron chi connectivity index (χ2n) is 5.47. The summed E-state index contributed by atoms with van der Waals surface area (Å²) in [6, 6.07) is 7.73. The zero-order valence-electron chi connectivity index (χ0n) is 13.1. The van der Waals surface area contributed by atoms with Gasteiger partial charge in [-0.2, -0.15) is 0 Å². The number of halogens is 1. The van der Waals surface area contributed by atoms with Gasteiger partial charge in [0.2, 0.25) is 0 Å². The minimum Gasteiger partial charge on any atom is -0.389 e. The van der Waals surface area contributed by atoms with E-state index in [-0.39, 0.29) is 6.10 Å². The third-order valence-corrected chi connectivity index (χ3v) is 3.13. The third-order valence-electron chi connectivity index (χ3n) is 2.88. The van der Waals surface area contributed by atoms with Crippen LogP contribution in [0.1, 0.15) is 19.4 Å². The Balaban J connectivity index is 2.15. The van der Waals surface area contributed by atoms with Crippen LogP contribution in [-0.4, -0.2) is 55.6 Å². The van der Waals surface area contributed by atoms with E-state index < -0.39 is 6.10 Å². The van der Waals surface area contributed by atoms with E-state index in [4.69, 9.17) is 21.1 Å². The number of hydrogen-bond acceptors (Lipinski definition) is 4. The van der Waals surface area contributed by atoms with Gasteiger partial charge in [-0.15, -0.1) is 0 Å². The van der Waals surface area contributed by atoms with Crippen LogP contribution in [0.15, 0.2) is 24.3 Å². The Morgan fingerprint density at radius 2 is 1.86 bits per heavy atom. The number of hydrogen-bond donors (Lipinski definition) is 1. The molecule has 0 fully saturated rings. The fraction of sp³-hybridized carbons (Fsp3) is 0.625. The summed E-state index contributed by atoms with van der Waals surface area (Å²) in [5, 5.41) is 10.7. The molecule has 0 saturated carbocycles. The van der Waals surface area contributed by atoms with Crippen molar-refractivity contribution in [3.8, 4) is 0 Å². The van der Waals surface area contributed by atoms with Gasteiger partial charge in [0, 0.05) is 18.1 Å². The second-order valence-corrected chi connectivity index (χ2v) is 5.91. The molecule has 0 aromatic heterocycles. The molecular formula is C16H26ClNO3. The molecule has 0 amide bonds. The summed E-state index contributed by atoms with van der Waals surface area (Å²) >= 11 is 5.85. The number of aliphatic hydroxyl groups excluding tert-OH is 1. The first-order chi connectivity index (χ1) is 9.97. The average molecular weight is 316 g/mol. The summed E-state index contributed by atoms with van der Waals surface area (Å²) in [4.78, 5) is 2.06. The molecule has 1 aromatic carbocycles. The summed E-state index contributed by atoms with van der Waals surface area (Å²) in [6.07, 6.45) is -0.287. The molecule has 0 aliphatic carbocycles. The standard InChI is InChI=1S/C16H26ClNO3/c1-13(2)21-9-8-20-12-16(19)11-18(3)10-14-4-6-15(17)7-5-14/h4-7,13,16,19H,8-12H2,1-3H3. The van der Waals surface area contributed by atoms with Crippen molar-refractivity contribution in [3.05, 3.63) is 34.9 Å². The number of ether oxygens (including phenoxy) is 2. The fourth-order valence-corrected chi connectivity index (χ4v) is 2.07. The van der Waals surface area contributed by atoms with Crippen molar-refractivity contribution in [2.75, 3.05) is 33.4 Å². The highest BCUT2D eigenvalue weighted by molar-refractivity contribution is 6.30. The molecule has 1 N–H and O–H groups in total. The molecule has 1 rings (SSSR count). The first-order valence-corrected chi connectivity index (χ1v) is 7.65. The van der Waals surface area contributed by atoms with Crippen molar-refractivity contribution >= 4 is 11.6 Å². The van der Waals surface area contributed by atoms with E-state index in [1.54, 1.807) is 0 Å². The maximum atomic E-state index is 9.92. The minimum absolute atomic E-state index is 0.212. The van der Waals surface area contributed by atoms with Crippen molar-refractivity contribution in [1.29, 1.82) is 0 Å². The molecule has 1 unspecified atom stereocenters. The van der Waals surface area contributed by atoms with E-state index in [0.717, 1.165) is 11.6 Å². The van der Waals surface area contributed by atoms with Gasteiger partial charge in [0.15, 0.2) is 0 Å². The van der Waals surface area contributed by atoms with Crippen LogP contribution in [0.25, 0.3) is 0 Å². The van der Waals surface area contributed by atoms with Gasteiger partial charge in [-0.1, -0.05) is 23.7 Å². The van der Waals surface area contributed by atoms with Crippen molar-refractivity contribution in [2.24, 2.45) is 0 Å². The van der Waals surface area contributed by atoms with E-state index in [9.17, 15) is 5.11 Å². The Morgan fingerprint density at radius 3 is 2.48 bits per heavy atom. The first-order valence-electron chi connectivity index (χ1n) is 7.27. The molecule has 5 heteroatoms. The Labute approximate surface area is 132 Å². The zero-order valence-corrected chi connectivity index (χ0v) is 13.8. The van der Waals surface area contributed by atoms with E-state index in [1.807, 2.05) is 45.2 Å². The Bertz CT molecular complexity index is 384. The van der Waals surface area contributed by atoms with Crippen LogP contribution in [0.4, 0.5) is 0 Å². The summed E-state index contributed by atoms with van der Waals surface area (Å²) in [6.45, 7) is 6.70. The predicted molar refractivity (Wildman–Crippen MR) is 85.7 cm³/mol. The topological polar surface area (TPSA) is 41.9 Å². The lowest BCUT2D eigenvalue weighted by Crippen LogP contribution is -2.32. The first kappa shape index (κ1) is 18.4. The summed E-state index contributed by atoms with van der Waals surface area (Å²) < 4.78 is 10.8. The molecule has 120 valence electrons. The lowest BCUT2D eigenvalue weighted by Gasteiger charge is -2.20. The van der Waals surface area contributed by atoms with Gasteiger partial charge < -0.3 is 14.6 Å². The maximum Gasteiger partial charge on any atom is 0.0900 e. The minimum atomic E-state index is -0.499. The van der Waals surface area contributed by atoms with Crippen molar-refractivity contribution < 1.29 is 14.6 Å². The Kier molecular flexibility index (Phi) is 8.88. The lowest BCUT2D eigenvalue weighted by atomic mass is 10.2. The highest BCUT2D eigenvalue weighted by Crippen LogP contribution is 2.11. The highest BCUT2D eigenvalue weighted by atomic mass is 35.5. The Morgan fingerprint density at radius 1 is 1.19 bits per heavy atom. The molecule has 0 bridgehead atoms. The molecule has 21 heavy (non-hydrogen) atoms. The van der Waals surface area contributed by atoms with E-state index in [1.165, 1.54) is 5.56 Å². The molecule has 1 aromatic rings. The highest BCUT2D eigenvalue weighted by Gasteiger charge is 2.09. The van der Waals surface area contributed by atoms with Crippen LogP contribution >= 0.6 is 11.6 Å². The van der Waals surface area contributed by atoms with Crippen LogP contribution in [0, 0.1) is 0 Å². The molecule has 0 aliphatic rings. The van der Waals surface area contributed by atoms with Crippen molar-refractivity contribution in [3.63, 3.8) is 0 Å². The van der Waals surface area contributed by atoms with E-state index >= 15 is 0 Å². The van der Waals surface area contributed by atoms with Crippen molar-refractivity contribution in [2.45, 2.75) is 32.6 Å². The van der Waals surface area contributed by atoms with Gasteiger partial charge in [-0.05, 0) is 38.6 Å². The smallest absolute Gasteiger partial charge is 0.0900 e. The third kappa shape index (κ3) is 9.06. The predicted octanol–water partition coefficient (Wildman–Crippen LogP) is 2.57. The quantitative estimate of drug-likeness (QED) is 0.674. The van der Waals surface area contributed by atoms with Gasteiger partial charge in [0.1, 0.15) is 0 Å². The van der Waals surface area contributed by atoms with Crippen LogP contribution in [0.5, 0.6) is 0 Å². The number of likely N-dealkylation sites (N-methyl/N-ethyl adjacent to an activating group) is 1. The number of aliphatic hydroxyl groups is 1. The number of nitrogens with zero attached hydrogens (tertiary/aromatic N) is 1. The lowest BCUT2D eigenvalue weighted by molar-refractivity contribution is -0.0174. The summed E-state index contributed by atoms with van der Waals surface area (Å²) in [5.74, 6) is 0. The van der Waals surface area contributed by atoms with Crippen LogP contribution in [0.2, 0.25) is 5.02 Å². The molecular weight excluding hydrogens is 290 g/mol. The maximum absolute atomic E-state index is 9.92. The fourth-order valence-electron chi connectivity index (χ4n) is 1.94. The molecule has 1 atom stereocenters. The summed E-state index contributed by atoms with van der Waals surface area (Å²) in [7, 11) is 1.97. The summed E-state index contributed by atoms with van der Waals surface area (Å²) in [5.41, 5.74) is 1.17. The molecule has 0 aliphatic heterocycles. The zero-order chi connectivity index (χ0) is 15.7. The van der Waals surface area contributed by atoms with Gasteiger partial charge in [-0.3, -0.25) is 4.90 Å². The number of rotatable bonds is 10. The Hall–Kier alpha value is -0.650. The largest absolute Gasteiger partial charge is 0.389 e. The van der Waals surface area contributed by atoms with Crippen LogP contribution in [-0.2, 0) is 16.0 Å². The average Bonchev–Trinajstić information content (AvgIpc) is 2.40. The molecule has 0 radical (unpaired) electrons. The normalized spacial score (nSPS) is 13.1.